The van der Waals surface area contributed by atoms with Crippen LogP contribution in [0.1, 0.15) is 56.6 Å². The standard InChI is InChI=1S/C19H26N2O2/c1-13-10-14(2)12-16(11-13)21-17(22)8-9-19(21,3)18(23)20-15-6-4-5-7-15/h10-12,15H,4-9H2,1-3H3,(H,20,23). The number of aryl methyl sites for hydroxylation is 2. The molecule has 1 aromatic rings. The first kappa shape index (κ1) is 16.0. The summed E-state index contributed by atoms with van der Waals surface area (Å²) in [6.07, 6.45) is 5.49. The molecule has 1 aromatic carbocycles. The van der Waals surface area contributed by atoms with Crippen molar-refractivity contribution >= 4 is 17.5 Å². The number of anilines is 1. The van der Waals surface area contributed by atoms with Gasteiger partial charge in [0.2, 0.25) is 11.8 Å². The minimum atomic E-state index is -0.778. The molecule has 0 spiro atoms. The Bertz CT molecular complexity index is 614. The highest BCUT2D eigenvalue weighted by molar-refractivity contribution is 6.06. The number of carbonyl (C=O) groups is 2. The van der Waals surface area contributed by atoms with Crippen molar-refractivity contribution in [1.29, 1.82) is 0 Å². The van der Waals surface area contributed by atoms with E-state index < -0.39 is 5.54 Å². The van der Waals surface area contributed by atoms with Gasteiger partial charge in [0.1, 0.15) is 5.54 Å². The van der Waals surface area contributed by atoms with Crippen LogP contribution in [0.5, 0.6) is 0 Å². The minimum absolute atomic E-state index is 0.00518. The van der Waals surface area contributed by atoms with E-state index in [1.807, 2.05) is 32.9 Å². The van der Waals surface area contributed by atoms with Crippen molar-refractivity contribution < 1.29 is 9.59 Å². The highest BCUT2D eigenvalue weighted by Gasteiger charge is 2.48. The average molecular weight is 314 g/mol. The Hall–Kier alpha value is -1.84. The van der Waals surface area contributed by atoms with Crippen molar-refractivity contribution in [3.8, 4) is 0 Å². The lowest BCUT2D eigenvalue weighted by Crippen LogP contribution is -2.56. The zero-order valence-corrected chi connectivity index (χ0v) is 14.3. The SMILES string of the molecule is Cc1cc(C)cc(N2C(=O)CCC2(C)C(=O)NC2CCCC2)c1. The molecule has 1 heterocycles. The van der Waals surface area contributed by atoms with Crippen LogP contribution < -0.4 is 10.2 Å². The molecule has 1 aliphatic heterocycles. The Morgan fingerprint density at radius 3 is 2.39 bits per heavy atom. The van der Waals surface area contributed by atoms with E-state index >= 15 is 0 Å². The van der Waals surface area contributed by atoms with Crippen LogP contribution in [0.25, 0.3) is 0 Å². The topological polar surface area (TPSA) is 49.4 Å². The lowest BCUT2D eigenvalue weighted by atomic mass is 9.96. The first-order valence-corrected chi connectivity index (χ1v) is 8.62. The normalized spacial score (nSPS) is 25.2. The fourth-order valence-corrected chi connectivity index (χ4v) is 3.98. The summed E-state index contributed by atoms with van der Waals surface area (Å²) < 4.78 is 0. The van der Waals surface area contributed by atoms with Gasteiger partial charge in [-0.25, -0.2) is 0 Å². The molecule has 1 aliphatic carbocycles. The zero-order chi connectivity index (χ0) is 16.6. The van der Waals surface area contributed by atoms with Crippen molar-refractivity contribution in [3.05, 3.63) is 29.3 Å². The van der Waals surface area contributed by atoms with Gasteiger partial charge in [-0.05, 0) is 63.3 Å². The third kappa shape index (κ3) is 2.99. The van der Waals surface area contributed by atoms with E-state index in [-0.39, 0.29) is 17.9 Å². The minimum Gasteiger partial charge on any atom is -0.351 e. The second-order valence-electron chi connectivity index (χ2n) is 7.30. The van der Waals surface area contributed by atoms with Crippen LogP contribution in [-0.2, 0) is 9.59 Å². The summed E-state index contributed by atoms with van der Waals surface area (Å²) in [6, 6.07) is 6.35. The maximum absolute atomic E-state index is 12.9. The van der Waals surface area contributed by atoms with Crippen LogP contribution in [0.15, 0.2) is 18.2 Å². The van der Waals surface area contributed by atoms with Crippen molar-refractivity contribution in [3.63, 3.8) is 0 Å². The fourth-order valence-electron chi connectivity index (χ4n) is 3.98. The fraction of sp³-hybridized carbons (Fsp3) is 0.579. The number of nitrogens with one attached hydrogen (secondary N) is 1. The Morgan fingerprint density at radius 1 is 1.17 bits per heavy atom. The summed E-state index contributed by atoms with van der Waals surface area (Å²) in [5, 5.41) is 3.18. The van der Waals surface area contributed by atoms with Gasteiger partial charge in [-0.2, -0.15) is 0 Å². The van der Waals surface area contributed by atoms with Crippen LogP contribution in [-0.4, -0.2) is 23.4 Å². The number of benzene rings is 1. The maximum atomic E-state index is 12.9. The third-order valence-electron chi connectivity index (χ3n) is 5.21. The zero-order valence-electron chi connectivity index (χ0n) is 14.3. The maximum Gasteiger partial charge on any atom is 0.246 e. The molecule has 23 heavy (non-hydrogen) atoms. The molecule has 124 valence electrons. The monoisotopic (exact) mass is 314 g/mol. The van der Waals surface area contributed by atoms with E-state index in [0.29, 0.717) is 12.8 Å². The second kappa shape index (κ2) is 5.99. The molecule has 1 saturated heterocycles. The van der Waals surface area contributed by atoms with Crippen molar-refractivity contribution in [2.75, 3.05) is 4.90 Å². The Balaban J connectivity index is 1.89. The number of hydrogen-bond acceptors (Lipinski definition) is 2. The van der Waals surface area contributed by atoms with E-state index in [1.165, 1.54) is 12.8 Å². The summed E-state index contributed by atoms with van der Waals surface area (Å²) in [7, 11) is 0. The molecule has 1 atom stereocenters. The lowest BCUT2D eigenvalue weighted by Gasteiger charge is -2.35. The van der Waals surface area contributed by atoms with Gasteiger partial charge in [0.15, 0.2) is 0 Å². The molecule has 0 bridgehead atoms. The predicted molar refractivity (Wildman–Crippen MR) is 91.4 cm³/mol. The van der Waals surface area contributed by atoms with E-state index in [4.69, 9.17) is 0 Å². The van der Waals surface area contributed by atoms with Gasteiger partial charge in [-0.3, -0.25) is 14.5 Å². The molecule has 0 aromatic heterocycles. The van der Waals surface area contributed by atoms with Gasteiger partial charge >= 0.3 is 0 Å². The molecule has 1 unspecified atom stereocenters. The first-order valence-electron chi connectivity index (χ1n) is 8.62. The van der Waals surface area contributed by atoms with Gasteiger partial charge < -0.3 is 5.32 Å². The number of amides is 2. The molecule has 2 fully saturated rings. The van der Waals surface area contributed by atoms with Gasteiger partial charge in [0, 0.05) is 18.2 Å². The quantitative estimate of drug-likeness (QED) is 0.931. The summed E-state index contributed by atoms with van der Waals surface area (Å²) in [5.41, 5.74) is 2.28. The van der Waals surface area contributed by atoms with Gasteiger partial charge in [0.05, 0.1) is 0 Å². The van der Waals surface area contributed by atoms with Crippen LogP contribution in [0.3, 0.4) is 0 Å². The molecular formula is C19H26N2O2. The number of nitrogens with zero attached hydrogens (tertiary/aromatic N) is 1. The van der Waals surface area contributed by atoms with E-state index in [9.17, 15) is 9.59 Å². The Morgan fingerprint density at radius 2 is 1.78 bits per heavy atom. The molecule has 1 saturated carbocycles. The third-order valence-corrected chi connectivity index (χ3v) is 5.21. The van der Waals surface area contributed by atoms with Gasteiger partial charge in [0.25, 0.3) is 0 Å². The van der Waals surface area contributed by atoms with Crippen LogP contribution in [0.2, 0.25) is 0 Å². The van der Waals surface area contributed by atoms with Crippen LogP contribution in [0.4, 0.5) is 5.69 Å². The molecule has 4 heteroatoms. The lowest BCUT2D eigenvalue weighted by molar-refractivity contribution is -0.127. The molecule has 4 nitrogen and oxygen atoms in total. The molecule has 0 radical (unpaired) electrons. The van der Waals surface area contributed by atoms with Gasteiger partial charge in [-0.1, -0.05) is 18.9 Å². The highest BCUT2D eigenvalue weighted by atomic mass is 16.2. The summed E-state index contributed by atoms with van der Waals surface area (Å²) in [4.78, 5) is 27.1. The largest absolute Gasteiger partial charge is 0.351 e. The number of hydrogen-bond donors (Lipinski definition) is 1. The van der Waals surface area contributed by atoms with Crippen LogP contribution >= 0.6 is 0 Å². The summed E-state index contributed by atoms with van der Waals surface area (Å²) in [6.45, 7) is 5.94. The highest BCUT2D eigenvalue weighted by Crippen LogP contribution is 2.36. The molecule has 2 aliphatic rings. The Kier molecular flexibility index (Phi) is 4.17. The molecule has 1 N–H and O–H groups in total. The van der Waals surface area contributed by atoms with E-state index in [0.717, 1.165) is 29.7 Å². The van der Waals surface area contributed by atoms with Crippen molar-refractivity contribution in [1.82, 2.24) is 5.32 Å². The molecular weight excluding hydrogens is 288 g/mol. The first-order chi connectivity index (χ1) is 10.9. The number of rotatable bonds is 3. The number of carbonyl (C=O) groups excluding carboxylic acids is 2. The molecule has 3 rings (SSSR count). The van der Waals surface area contributed by atoms with Crippen LogP contribution in [0, 0.1) is 13.8 Å². The summed E-state index contributed by atoms with van der Waals surface area (Å²) in [5.74, 6) is 0.0356. The predicted octanol–water partition coefficient (Wildman–Crippen LogP) is 3.25. The van der Waals surface area contributed by atoms with E-state index in [2.05, 4.69) is 11.4 Å². The second-order valence-corrected chi connectivity index (χ2v) is 7.30. The average Bonchev–Trinajstić information content (AvgIpc) is 3.07. The molecule has 2 amide bonds. The van der Waals surface area contributed by atoms with E-state index in [1.54, 1.807) is 4.90 Å². The van der Waals surface area contributed by atoms with Crippen molar-refractivity contribution in [2.24, 2.45) is 0 Å². The smallest absolute Gasteiger partial charge is 0.246 e. The summed E-state index contributed by atoms with van der Waals surface area (Å²) >= 11 is 0. The van der Waals surface area contributed by atoms with Crippen molar-refractivity contribution in [2.45, 2.75) is 70.9 Å². The Labute approximate surface area is 138 Å². The van der Waals surface area contributed by atoms with Gasteiger partial charge in [-0.15, -0.1) is 0 Å².